The predicted octanol–water partition coefficient (Wildman–Crippen LogP) is 1.38. The van der Waals surface area contributed by atoms with Gasteiger partial charge < -0.3 is 14.6 Å². The van der Waals surface area contributed by atoms with Gasteiger partial charge in [-0.05, 0) is 31.1 Å². The molecule has 0 heterocycles. The van der Waals surface area contributed by atoms with E-state index in [1.807, 2.05) is 0 Å². The summed E-state index contributed by atoms with van der Waals surface area (Å²) in [5.41, 5.74) is 0. The van der Waals surface area contributed by atoms with Crippen LogP contribution in [-0.2, 0) is 9.47 Å². The van der Waals surface area contributed by atoms with E-state index in [2.05, 4.69) is 11.8 Å². The fourth-order valence-electron chi connectivity index (χ4n) is 2.75. The standard InChI is InChI=1S/C14H29NO3/c1-12-4-5-14(16)13(10-12)11-15(6-8-17-2)7-9-18-3/h12-14,16H,4-11H2,1-3H3. The summed E-state index contributed by atoms with van der Waals surface area (Å²) in [6.07, 6.45) is 3.12. The van der Waals surface area contributed by atoms with E-state index in [4.69, 9.17) is 9.47 Å². The molecule has 1 aliphatic carbocycles. The first-order valence-corrected chi connectivity index (χ1v) is 7.05. The van der Waals surface area contributed by atoms with Gasteiger partial charge in [-0.15, -0.1) is 0 Å². The van der Waals surface area contributed by atoms with Crippen molar-refractivity contribution in [2.24, 2.45) is 11.8 Å². The molecule has 0 spiro atoms. The molecule has 0 amide bonds. The van der Waals surface area contributed by atoms with Crippen LogP contribution in [0.15, 0.2) is 0 Å². The van der Waals surface area contributed by atoms with E-state index < -0.39 is 0 Å². The Bertz CT molecular complexity index is 205. The molecular weight excluding hydrogens is 230 g/mol. The fraction of sp³-hybridized carbons (Fsp3) is 1.00. The maximum Gasteiger partial charge on any atom is 0.0589 e. The minimum Gasteiger partial charge on any atom is -0.393 e. The van der Waals surface area contributed by atoms with E-state index in [1.165, 1.54) is 0 Å². The van der Waals surface area contributed by atoms with Gasteiger partial charge in [0.1, 0.15) is 0 Å². The Morgan fingerprint density at radius 1 is 1.11 bits per heavy atom. The molecule has 0 aromatic rings. The molecule has 0 saturated heterocycles. The normalized spacial score (nSPS) is 28.8. The van der Waals surface area contributed by atoms with Crippen molar-refractivity contribution in [2.75, 3.05) is 47.1 Å². The molecule has 1 aliphatic rings. The minimum atomic E-state index is -0.131. The van der Waals surface area contributed by atoms with Crippen molar-refractivity contribution in [1.29, 1.82) is 0 Å². The second-order valence-electron chi connectivity index (χ2n) is 5.53. The van der Waals surface area contributed by atoms with Gasteiger partial charge in [0, 0.05) is 33.9 Å². The molecule has 3 atom stereocenters. The van der Waals surface area contributed by atoms with Gasteiger partial charge in [-0.3, -0.25) is 4.90 Å². The van der Waals surface area contributed by atoms with E-state index in [-0.39, 0.29) is 6.10 Å². The third-order valence-electron chi connectivity index (χ3n) is 3.92. The molecule has 0 aromatic heterocycles. The Labute approximate surface area is 111 Å². The molecule has 108 valence electrons. The molecular formula is C14H29NO3. The smallest absolute Gasteiger partial charge is 0.0589 e. The zero-order chi connectivity index (χ0) is 13.4. The van der Waals surface area contributed by atoms with Crippen LogP contribution < -0.4 is 0 Å². The highest BCUT2D eigenvalue weighted by atomic mass is 16.5. The fourth-order valence-corrected chi connectivity index (χ4v) is 2.75. The van der Waals surface area contributed by atoms with Gasteiger partial charge in [0.05, 0.1) is 19.3 Å². The summed E-state index contributed by atoms with van der Waals surface area (Å²) in [4.78, 5) is 2.35. The Hall–Kier alpha value is -0.160. The van der Waals surface area contributed by atoms with Crippen LogP contribution in [0.2, 0.25) is 0 Å². The number of methoxy groups -OCH3 is 2. The summed E-state index contributed by atoms with van der Waals surface area (Å²) in [7, 11) is 3.46. The summed E-state index contributed by atoms with van der Waals surface area (Å²) in [5.74, 6) is 1.15. The van der Waals surface area contributed by atoms with Crippen LogP contribution >= 0.6 is 0 Å². The number of hydrogen-bond donors (Lipinski definition) is 1. The molecule has 0 bridgehead atoms. The molecule has 3 unspecified atom stereocenters. The molecule has 1 fully saturated rings. The average molecular weight is 259 g/mol. The Morgan fingerprint density at radius 3 is 2.28 bits per heavy atom. The average Bonchev–Trinajstić information content (AvgIpc) is 2.37. The molecule has 0 radical (unpaired) electrons. The third-order valence-corrected chi connectivity index (χ3v) is 3.92. The van der Waals surface area contributed by atoms with Crippen molar-refractivity contribution < 1.29 is 14.6 Å². The second kappa shape index (κ2) is 8.86. The molecule has 4 nitrogen and oxygen atoms in total. The number of nitrogens with zero attached hydrogens (tertiary/aromatic N) is 1. The van der Waals surface area contributed by atoms with Crippen LogP contribution in [-0.4, -0.2) is 63.2 Å². The first-order valence-electron chi connectivity index (χ1n) is 7.05. The zero-order valence-electron chi connectivity index (χ0n) is 12.1. The van der Waals surface area contributed by atoms with Crippen LogP contribution in [0.1, 0.15) is 26.2 Å². The van der Waals surface area contributed by atoms with Crippen LogP contribution in [0, 0.1) is 11.8 Å². The highest BCUT2D eigenvalue weighted by molar-refractivity contribution is 4.80. The highest BCUT2D eigenvalue weighted by Gasteiger charge is 2.28. The molecule has 18 heavy (non-hydrogen) atoms. The SMILES string of the molecule is COCCN(CCOC)CC1CC(C)CCC1O. The lowest BCUT2D eigenvalue weighted by Gasteiger charge is -2.35. The van der Waals surface area contributed by atoms with Crippen LogP contribution in [0.4, 0.5) is 0 Å². The molecule has 0 aliphatic heterocycles. The van der Waals surface area contributed by atoms with Gasteiger partial charge in [0.15, 0.2) is 0 Å². The minimum absolute atomic E-state index is 0.131. The number of rotatable bonds is 8. The number of hydrogen-bond acceptors (Lipinski definition) is 4. The maximum absolute atomic E-state index is 10.1. The Morgan fingerprint density at radius 2 is 1.72 bits per heavy atom. The quantitative estimate of drug-likeness (QED) is 0.715. The lowest BCUT2D eigenvalue weighted by atomic mass is 9.80. The third kappa shape index (κ3) is 5.65. The molecule has 0 aromatic carbocycles. The monoisotopic (exact) mass is 259 g/mol. The summed E-state index contributed by atoms with van der Waals surface area (Å²) < 4.78 is 10.3. The molecule has 1 saturated carbocycles. The predicted molar refractivity (Wildman–Crippen MR) is 72.7 cm³/mol. The van der Waals surface area contributed by atoms with Crippen LogP contribution in [0.25, 0.3) is 0 Å². The van der Waals surface area contributed by atoms with Crippen molar-refractivity contribution in [2.45, 2.75) is 32.3 Å². The lowest BCUT2D eigenvalue weighted by Crippen LogP contribution is -2.41. The topological polar surface area (TPSA) is 41.9 Å². The number of aliphatic hydroxyl groups is 1. The van der Waals surface area contributed by atoms with Gasteiger partial charge in [0.2, 0.25) is 0 Å². The summed E-state index contributed by atoms with van der Waals surface area (Å²) in [6, 6.07) is 0. The molecule has 1 N–H and O–H groups in total. The van der Waals surface area contributed by atoms with E-state index in [1.54, 1.807) is 14.2 Å². The van der Waals surface area contributed by atoms with E-state index in [9.17, 15) is 5.11 Å². The summed E-state index contributed by atoms with van der Waals surface area (Å²) in [6.45, 7) is 6.55. The zero-order valence-corrected chi connectivity index (χ0v) is 12.1. The summed E-state index contributed by atoms with van der Waals surface area (Å²) in [5, 5.41) is 10.1. The largest absolute Gasteiger partial charge is 0.393 e. The number of ether oxygens (including phenoxy) is 2. The molecule has 1 rings (SSSR count). The van der Waals surface area contributed by atoms with Gasteiger partial charge in [-0.1, -0.05) is 6.92 Å². The van der Waals surface area contributed by atoms with Gasteiger partial charge in [0.25, 0.3) is 0 Å². The number of aliphatic hydroxyl groups excluding tert-OH is 1. The summed E-state index contributed by atoms with van der Waals surface area (Å²) >= 11 is 0. The maximum atomic E-state index is 10.1. The van der Waals surface area contributed by atoms with Crippen molar-refractivity contribution >= 4 is 0 Å². The molecule has 4 heteroatoms. The highest BCUT2D eigenvalue weighted by Crippen LogP contribution is 2.29. The lowest BCUT2D eigenvalue weighted by molar-refractivity contribution is 0.0202. The van der Waals surface area contributed by atoms with E-state index >= 15 is 0 Å². The van der Waals surface area contributed by atoms with Crippen molar-refractivity contribution in [1.82, 2.24) is 4.90 Å². The van der Waals surface area contributed by atoms with E-state index in [0.717, 1.165) is 58.0 Å². The van der Waals surface area contributed by atoms with Gasteiger partial charge >= 0.3 is 0 Å². The van der Waals surface area contributed by atoms with E-state index in [0.29, 0.717) is 5.92 Å². The van der Waals surface area contributed by atoms with Gasteiger partial charge in [-0.2, -0.15) is 0 Å². The first-order chi connectivity index (χ1) is 8.67. The van der Waals surface area contributed by atoms with Crippen molar-refractivity contribution in [3.05, 3.63) is 0 Å². The second-order valence-corrected chi connectivity index (χ2v) is 5.53. The Balaban J connectivity index is 2.41. The first kappa shape index (κ1) is 15.9. The van der Waals surface area contributed by atoms with Crippen molar-refractivity contribution in [3.8, 4) is 0 Å². The van der Waals surface area contributed by atoms with Crippen molar-refractivity contribution in [3.63, 3.8) is 0 Å². The van der Waals surface area contributed by atoms with Crippen LogP contribution in [0.5, 0.6) is 0 Å². The Kier molecular flexibility index (Phi) is 7.82. The van der Waals surface area contributed by atoms with Gasteiger partial charge in [-0.25, -0.2) is 0 Å². The van der Waals surface area contributed by atoms with Crippen LogP contribution in [0.3, 0.4) is 0 Å².